The fourth-order valence-corrected chi connectivity index (χ4v) is 3.18. The molecule has 1 atom stereocenters. The Morgan fingerprint density at radius 2 is 1.96 bits per heavy atom. The van der Waals surface area contributed by atoms with Crippen LogP contribution < -0.4 is 5.32 Å². The lowest BCUT2D eigenvalue weighted by Crippen LogP contribution is -2.45. The molecule has 1 N–H and O–H groups in total. The van der Waals surface area contributed by atoms with Crippen molar-refractivity contribution < 1.29 is 9.18 Å². The van der Waals surface area contributed by atoms with Crippen LogP contribution >= 0.6 is 0 Å². The maximum Gasteiger partial charge on any atom is 0.251 e. The summed E-state index contributed by atoms with van der Waals surface area (Å²) < 4.78 is 13.4. The number of nitrogens with zero attached hydrogens (tertiary/aromatic N) is 1. The molecule has 24 heavy (non-hydrogen) atoms. The van der Waals surface area contributed by atoms with E-state index in [2.05, 4.69) is 17.1 Å². The SMILES string of the molecule is CCc1ccc(C(=O)NC[C@@H]2Cc3cc(F)ccc3CN2C)cc1. The lowest BCUT2D eigenvalue weighted by atomic mass is 9.94. The summed E-state index contributed by atoms with van der Waals surface area (Å²) in [6.45, 7) is 3.43. The van der Waals surface area contributed by atoms with Gasteiger partial charge in [-0.05, 0) is 60.8 Å². The van der Waals surface area contributed by atoms with Crippen LogP contribution in [0, 0.1) is 5.82 Å². The highest BCUT2D eigenvalue weighted by molar-refractivity contribution is 5.94. The standard InChI is InChI=1S/C20H23FN2O/c1-3-14-4-6-15(7-5-14)20(24)22-12-19-11-17-10-18(21)9-8-16(17)13-23(19)2/h4-10,19H,3,11-13H2,1-2H3,(H,22,24)/t19-/m0/s1. The van der Waals surface area contributed by atoms with Crippen molar-refractivity contribution in [2.45, 2.75) is 32.4 Å². The van der Waals surface area contributed by atoms with Gasteiger partial charge in [-0.3, -0.25) is 9.69 Å². The molecule has 2 aromatic carbocycles. The summed E-state index contributed by atoms with van der Waals surface area (Å²) in [6, 6.07) is 12.9. The molecule has 0 aromatic heterocycles. The Kier molecular flexibility index (Phi) is 4.95. The fraction of sp³-hybridized carbons (Fsp3) is 0.350. The highest BCUT2D eigenvalue weighted by Crippen LogP contribution is 2.22. The van der Waals surface area contributed by atoms with Crippen LogP contribution in [0.1, 0.15) is 34.0 Å². The fourth-order valence-electron chi connectivity index (χ4n) is 3.18. The number of hydrogen-bond donors (Lipinski definition) is 1. The third kappa shape index (κ3) is 3.65. The van der Waals surface area contributed by atoms with Crippen molar-refractivity contribution in [1.82, 2.24) is 10.2 Å². The molecule has 0 saturated heterocycles. The minimum atomic E-state index is -0.197. The number of carbonyl (C=O) groups excluding carboxylic acids is 1. The third-order valence-corrected chi connectivity index (χ3v) is 4.79. The number of hydrogen-bond acceptors (Lipinski definition) is 2. The van der Waals surface area contributed by atoms with E-state index in [0.717, 1.165) is 30.5 Å². The van der Waals surface area contributed by atoms with E-state index >= 15 is 0 Å². The summed E-state index contributed by atoms with van der Waals surface area (Å²) in [5.41, 5.74) is 4.10. The Hall–Kier alpha value is -2.20. The second kappa shape index (κ2) is 7.14. The Balaban J connectivity index is 1.62. The van der Waals surface area contributed by atoms with Gasteiger partial charge in [0.15, 0.2) is 0 Å². The number of rotatable bonds is 4. The van der Waals surface area contributed by atoms with Crippen molar-refractivity contribution in [3.8, 4) is 0 Å². The van der Waals surface area contributed by atoms with Crippen molar-refractivity contribution in [3.63, 3.8) is 0 Å². The normalized spacial score (nSPS) is 17.4. The summed E-state index contributed by atoms with van der Waals surface area (Å²) in [5, 5.41) is 3.01. The molecule has 0 aliphatic carbocycles. The Morgan fingerprint density at radius 3 is 2.67 bits per heavy atom. The van der Waals surface area contributed by atoms with Crippen molar-refractivity contribution in [2.24, 2.45) is 0 Å². The zero-order valence-electron chi connectivity index (χ0n) is 14.2. The van der Waals surface area contributed by atoms with Gasteiger partial charge in [0.05, 0.1) is 0 Å². The molecule has 1 aliphatic rings. The Morgan fingerprint density at radius 1 is 1.21 bits per heavy atom. The summed E-state index contributed by atoms with van der Waals surface area (Å²) in [4.78, 5) is 14.5. The molecule has 0 bridgehead atoms. The van der Waals surface area contributed by atoms with E-state index in [-0.39, 0.29) is 17.8 Å². The first-order valence-electron chi connectivity index (χ1n) is 8.41. The molecular formula is C20H23FN2O. The van der Waals surface area contributed by atoms with Crippen LogP contribution in [0.15, 0.2) is 42.5 Å². The van der Waals surface area contributed by atoms with Gasteiger partial charge in [0.2, 0.25) is 0 Å². The number of benzene rings is 2. The smallest absolute Gasteiger partial charge is 0.251 e. The highest BCUT2D eigenvalue weighted by atomic mass is 19.1. The lowest BCUT2D eigenvalue weighted by Gasteiger charge is -2.34. The monoisotopic (exact) mass is 326 g/mol. The predicted octanol–water partition coefficient (Wildman–Crippen LogP) is 3.17. The summed E-state index contributed by atoms with van der Waals surface area (Å²) >= 11 is 0. The average molecular weight is 326 g/mol. The first-order chi connectivity index (χ1) is 11.6. The molecular weight excluding hydrogens is 303 g/mol. The molecule has 0 radical (unpaired) electrons. The van der Waals surface area contributed by atoms with Gasteiger partial charge in [-0.2, -0.15) is 0 Å². The van der Waals surface area contributed by atoms with Gasteiger partial charge in [0.1, 0.15) is 5.82 Å². The van der Waals surface area contributed by atoms with E-state index in [1.165, 1.54) is 11.6 Å². The van der Waals surface area contributed by atoms with Gasteiger partial charge in [0, 0.05) is 24.7 Å². The summed E-state index contributed by atoms with van der Waals surface area (Å²) in [6.07, 6.45) is 1.71. The molecule has 4 heteroatoms. The van der Waals surface area contributed by atoms with Gasteiger partial charge in [-0.15, -0.1) is 0 Å². The molecule has 3 nitrogen and oxygen atoms in total. The second-order valence-electron chi connectivity index (χ2n) is 6.45. The molecule has 0 spiro atoms. The molecule has 2 aromatic rings. The lowest BCUT2D eigenvalue weighted by molar-refractivity contribution is 0.0934. The zero-order valence-corrected chi connectivity index (χ0v) is 14.2. The second-order valence-corrected chi connectivity index (χ2v) is 6.45. The number of halogens is 1. The average Bonchev–Trinajstić information content (AvgIpc) is 2.60. The molecule has 3 rings (SSSR count). The highest BCUT2D eigenvalue weighted by Gasteiger charge is 2.24. The number of carbonyl (C=O) groups is 1. The zero-order chi connectivity index (χ0) is 17.1. The molecule has 1 aliphatic heterocycles. The van der Waals surface area contributed by atoms with Crippen molar-refractivity contribution in [3.05, 3.63) is 70.5 Å². The van der Waals surface area contributed by atoms with Crippen LogP contribution in [-0.4, -0.2) is 30.4 Å². The quantitative estimate of drug-likeness (QED) is 0.936. The number of likely N-dealkylation sites (N-methyl/N-ethyl adjacent to an activating group) is 1. The number of amides is 1. The molecule has 126 valence electrons. The summed E-state index contributed by atoms with van der Waals surface area (Å²) in [5.74, 6) is -0.256. The first-order valence-corrected chi connectivity index (χ1v) is 8.41. The van der Waals surface area contributed by atoms with Gasteiger partial charge in [-0.1, -0.05) is 25.1 Å². The maximum absolute atomic E-state index is 13.4. The van der Waals surface area contributed by atoms with E-state index in [0.29, 0.717) is 12.1 Å². The Labute approximate surface area is 142 Å². The van der Waals surface area contributed by atoms with E-state index in [1.54, 1.807) is 6.07 Å². The largest absolute Gasteiger partial charge is 0.350 e. The molecule has 0 unspecified atom stereocenters. The summed E-state index contributed by atoms with van der Waals surface area (Å²) in [7, 11) is 2.04. The van der Waals surface area contributed by atoms with Crippen LogP contribution in [0.3, 0.4) is 0 Å². The maximum atomic E-state index is 13.4. The van der Waals surface area contributed by atoms with Gasteiger partial charge in [0.25, 0.3) is 5.91 Å². The number of fused-ring (bicyclic) bond motifs is 1. The van der Waals surface area contributed by atoms with Crippen LogP contribution in [0.25, 0.3) is 0 Å². The van der Waals surface area contributed by atoms with Crippen LogP contribution in [-0.2, 0) is 19.4 Å². The Bertz CT molecular complexity index is 727. The number of aryl methyl sites for hydroxylation is 1. The predicted molar refractivity (Wildman–Crippen MR) is 93.5 cm³/mol. The van der Waals surface area contributed by atoms with E-state index in [1.807, 2.05) is 37.4 Å². The first kappa shape index (κ1) is 16.7. The van der Waals surface area contributed by atoms with Gasteiger partial charge in [-0.25, -0.2) is 4.39 Å². The minimum absolute atomic E-state index is 0.0592. The van der Waals surface area contributed by atoms with E-state index in [4.69, 9.17) is 0 Å². The molecule has 1 heterocycles. The van der Waals surface area contributed by atoms with Crippen molar-refractivity contribution >= 4 is 5.91 Å². The van der Waals surface area contributed by atoms with E-state index in [9.17, 15) is 9.18 Å². The molecule has 0 fully saturated rings. The molecule has 1 amide bonds. The van der Waals surface area contributed by atoms with Gasteiger partial charge < -0.3 is 5.32 Å². The molecule has 0 saturated carbocycles. The van der Waals surface area contributed by atoms with Crippen LogP contribution in [0.5, 0.6) is 0 Å². The van der Waals surface area contributed by atoms with Gasteiger partial charge >= 0.3 is 0 Å². The minimum Gasteiger partial charge on any atom is -0.350 e. The van der Waals surface area contributed by atoms with Crippen molar-refractivity contribution in [2.75, 3.05) is 13.6 Å². The van der Waals surface area contributed by atoms with Crippen molar-refractivity contribution in [1.29, 1.82) is 0 Å². The topological polar surface area (TPSA) is 32.3 Å². The third-order valence-electron chi connectivity index (χ3n) is 4.79. The van der Waals surface area contributed by atoms with E-state index < -0.39 is 0 Å². The van der Waals surface area contributed by atoms with Crippen LogP contribution in [0.2, 0.25) is 0 Å². The van der Waals surface area contributed by atoms with Crippen LogP contribution in [0.4, 0.5) is 4.39 Å². The number of nitrogens with one attached hydrogen (secondary N) is 1.